The average molecular weight is 198 g/mol. The van der Waals surface area contributed by atoms with Gasteiger partial charge in [-0.1, -0.05) is 13.3 Å². The summed E-state index contributed by atoms with van der Waals surface area (Å²) in [5.74, 6) is -0.355. The molecule has 0 aromatic rings. The summed E-state index contributed by atoms with van der Waals surface area (Å²) < 4.78 is -0.774. The van der Waals surface area contributed by atoms with Crippen LogP contribution in [0, 0.1) is 0 Å². The molecule has 0 spiro atoms. The maximum atomic E-state index is 10.4. The molecular weight excluding hydrogens is 185 g/mol. The zero-order valence-corrected chi connectivity index (χ0v) is 8.08. The third-order valence-electron chi connectivity index (χ3n) is 1.35. The number of amides is 1. The Balaban J connectivity index is 3.63. The minimum absolute atomic E-state index is 0.257. The van der Waals surface area contributed by atoms with Crippen molar-refractivity contribution in [2.45, 2.75) is 36.9 Å². The number of carbonyl (C=O) groups is 1. The predicted octanol–water partition coefficient (Wildman–Crippen LogP) is 2.23. The van der Waals surface area contributed by atoms with Gasteiger partial charge in [-0.2, -0.15) is 0 Å². The van der Waals surface area contributed by atoms with Gasteiger partial charge >= 0.3 is 0 Å². The van der Waals surface area contributed by atoms with Crippen LogP contribution in [0.3, 0.4) is 0 Å². The highest BCUT2D eigenvalue weighted by Gasteiger charge is 2.22. The Morgan fingerprint density at radius 3 is 2.36 bits per heavy atom. The van der Waals surface area contributed by atoms with Gasteiger partial charge in [0.15, 0.2) is 0 Å². The molecular formula is C7H13Cl2NO. The maximum absolute atomic E-state index is 10.4. The normalized spacial score (nSPS) is 11.5. The number of halogens is 2. The summed E-state index contributed by atoms with van der Waals surface area (Å²) in [6.45, 7) is 1.99. The average Bonchev–Trinajstić information content (AvgIpc) is 1.84. The summed E-state index contributed by atoms with van der Waals surface area (Å²) in [6, 6.07) is 0. The van der Waals surface area contributed by atoms with Gasteiger partial charge in [0.05, 0.1) is 0 Å². The lowest BCUT2D eigenvalue weighted by Gasteiger charge is -2.16. The number of nitrogens with two attached hydrogens (primary N) is 1. The van der Waals surface area contributed by atoms with E-state index in [1.807, 2.05) is 6.92 Å². The molecule has 0 aromatic carbocycles. The lowest BCUT2D eigenvalue weighted by Crippen LogP contribution is -2.18. The van der Waals surface area contributed by atoms with Gasteiger partial charge in [0, 0.05) is 6.42 Å². The second-order valence-electron chi connectivity index (χ2n) is 2.57. The van der Waals surface area contributed by atoms with Gasteiger partial charge in [-0.15, -0.1) is 23.2 Å². The van der Waals surface area contributed by atoms with Crippen LogP contribution in [0.2, 0.25) is 0 Å². The summed E-state index contributed by atoms with van der Waals surface area (Å²) in [5, 5.41) is 0. The van der Waals surface area contributed by atoms with Crippen molar-refractivity contribution in [3.8, 4) is 0 Å². The van der Waals surface area contributed by atoms with Gasteiger partial charge in [0.1, 0.15) is 4.33 Å². The van der Waals surface area contributed by atoms with Crippen LogP contribution in [-0.2, 0) is 4.79 Å². The minimum Gasteiger partial charge on any atom is -0.370 e. The van der Waals surface area contributed by atoms with Gasteiger partial charge in [0.2, 0.25) is 5.91 Å². The Morgan fingerprint density at radius 2 is 2.00 bits per heavy atom. The molecule has 0 fully saturated rings. The summed E-state index contributed by atoms with van der Waals surface area (Å²) in [7, 11) is 0. The molecule has 2 N–H and O–H groups in total. The largest absolute Gasteiger partial charge is 0.370 e. The fraction of sp³-hybridized carbons (Fsp3) is 0.857. The number of hydrogen-bond donors (Lipinski definition) is 1. The highest BCUT2D eigenvalue weighted by molar-refractivity contribution is 6.48. The summed E-state index contributed by atoms with van der Waals surface area (Å²) in [5.41, 5.74) is 4.94. The second-order valence-corrected chi connectivity index (χ2v) is 4.21. The third kappa shape index (κ3) is 6.45. The van der Waals surface area contributed by atoms with Gasteiger partial charge < -0.3 is 5.73 Å². The number of carbonyl (C=O) groups excluding carboxylic acids is 1. The number of alkyl halides is 2. The first-order chi connectivity index (χ1) is 4.98. The van der Waals surface area contributed by atoms with Crippen molar-refractivity contribution in [3.05, 3.63) is 0 Å². The summed E-state index contributed by atoms with van der Waals surface area (Å²) in [4.78, 5) is 10.4. The second kappa shape index (κ2) is 4.83. The highest BCUT2D eigenvalue weighted by Crippen LogP contribution is 2.31. The van der Waals surface area contributed by atoms with Crippen LogP contribution < -0.4 is 5.73 Å². The molecule has 66 valence electrons. The lowest BCUT2D eigenvalue weighted by atomic mass is 10.1. The Hall–Kier alpha value is 0.0500. The molecule has 0 aromatic heterocycles. The quantitative estimate of drug-likeness (QED) is 0.676. The number of hydrogen-bond acceptors (Lipinski definition) is 1. The van der Waals surface area contributed by atoms with Crippen molar-refractivity contribution in [1.29, 1.82) is 0 Å². The van der Waals surface area contributed by atoms with E-state index in [1.165, 1.54) is 0 Å². The maximum Gasteiger partial charge on any atom is 0.217 e. The fourth-order valence-electron chi connectivity index (χ4n) is 0.797. The van der Waals surface area contributed by atoms with Crippen LogP contribution in [0.4, 0.5) is 0 Å². The molecule has 0 aliphatic rings. The van der Waals surface area contributed by atoms with Crippen molar-refractivity contribution in [2.24, 2.45) is 5.73 Å². The van der Waals surface area contributed by atoms with E-state index in [-0.39, 0.29) is 12.3 Å². The topological polar surface area (TPSA) is 43.1 Å². The molecule has 0 rings (SSSR count). The van der Waals surface area contributed by atoms with Crippen molar-refractivity contribution in [3.63, 3.8) is 0 Å². The summed E-state index contributed by atoms with van der Waals surface area (Å²) >= 11 is 11.7. The zero-order valence-electron chi connectivity index (χ0n) is 6.57. The monoisotopic (exact) mass is 197 g/mol. The van der Waals surface area contributed by atoms with Crippen LogP contribution in [-0.4, -0.2) is 10.2 Å². The lowest BCUT2D eigenvalue weighted by molar-refractivity contribution is -0.118. The molecule has 0 saturated carbocycles. The minimum atomic E-state index is -0.774. The van der Waals surface area contributed by atoms with Crippen molar-refractivity contribution < 1.29 is 4.79 Å². The SMILES string of the molecule is CCCC(Cl)(Cl)CCC(N)=O. The van der Waals surface area contributed by atoms with Crippen LogP contribution in [0.25, 0.3) is 0 Å². The van der Waals surface area contributed by atoms with Crippen LogP contribution >= 0.6 is 23.2 Å². The van der Waals surface area contributed by atoms with E-state index in [9.17, 15) is 4.79 Å². The molecule has 0 bridgehead atoms. The number of primary amides is 1. The third-order valence-corrected chi connectivity index (χ3v) is 2.11. The molecule has 11 heavy (non-hydrogen) atoms. The van der Waals surface area contributed by atoms with Gasteiger partial charge in [-0.3, -0.25) is 4.79 Å². The molecule has 0 radical (unpaired) electrons. The Kier molecular flexibility index (Phi) is 4.86. The molecule has 0 aliphatic carbocycles. The van der Waals surface area contributed by atoms with E-state index < -0.39 is 4.33 Å². The summed E-state index contributed by atoms with van der Waals surface area (Å²) in [6.07, 6.45) is 2.31. The first kappa shape index (κ1) is 11.1. The molecule has 0 unspecified atom stereocenters. The van der Waals surface area contributed by atoms with Crippen molar-refractivity contribution in [1.82, 2.24) is 0 Å². The van der Waals surface area contributed by atoms with Crippen molar-refractivity contribution >= 4 is 29.1 Å². The highest BCUT2D eigenvalue weighted by atomic mass is 35.5. The van der Waals surface area contributed by atoms with E-state index in [1.54, 1.807) is 0 Å². The molecule has 0 aliphatic heterocycles. The van der Waals surface area contributed by atoms with E-state index in [0.29, 0.717) is 12.8 Å². The van der Waals surface area contributed by atoms with E-state index >= 15 is 0 Å². The van der Waals surface area contributed by atoms with Gasteiger partial charge in [0.25, 0.3) is 0 Å². The van der Waals surface area contributed by atoms with E-state index in [0.717, 1.165) is 6.42 Å². The Labute approximate surface area is 77.0 Å². The van der Waals surface area contributed by atoms with Crippen molar-refractivity contribution in [2.75, 3.05) is 0 Å². The molecule has 0 saturated heterocycles. The van der Waals surface area contributed by atoms with Crippen LogP contribution in [0.5, 0.6) is 0 Å². The van der Waals surface area contributed by atoms with E-state index in [4.69, 9.17) is 28.9 Å². The Bertz CT molecular complexity index is 136. The zero-order chi connectivity index (χ0) is 8.91. The van der Waals surface area contributed by atoms with Gasteiger partial charge in [-0.25, -0.2) is 0 Å². The molecule has 0 heterocycles. The molecule has 0 atom stereocenters. The van der Waals surface area contributed by atoms with Crippen LogP contribution in [0.1, 0.15) is 32.6 Å². The molecule has 4 heteroatoms. The number of rotatable bonds is 5. The Morgan fingerprint density at radius 1 is 1.45 bits per heavy atom. The van der Waals surface area contributed by atoms with Crippen LogP contribution in [0.15, 0.2) is 0 Å². The first-order valence-electron chi connectivity index (χ1n) is 3.64. The van der Waals surface area contributed by atoms with Gasteiger partial charge in [-0.05, 0) is 12.8 Å². The fourth-order valence-corrected chi connectivity index (χ4v) is 1.36. The first-order valence-corrected chi connectivity index (χ1v) is 4.39. The predicted molar refractivity (Wildman–Crippen MR) is 47.8 cm³/mol. The smallest absolute Gasteiger partial charge is 0.217 e. The molecule has 2 nitrogen and oxygen atoms in total. The standard InChI is InChI=1S/C7H13Cl2NO/c1-2-4-7(8,9)5-3-6(10)11/h2-5H2,1H3,(H2,10,11). The molecule has 1 amide bonds. The van der Waals surface area contributed by atoms with E-state index in [2.05, 4.69) is 0 Å².